The lowest BCUT2D eigenvalue weighted by molar-refractivity contribution is 0.252. The molecule has 0 unspecified atom stereocenters. The molecule has 0 aliphatic carbocycles. The van der Waals surface area contributed by atoms with E-state index in [9.17, 15) is 4.79 Å². The zero-order chi connectivity index (χ0) is 18.5. The van der Waals surface area contributed by atoms with Gasteiger partial charge in [0.25, 0.3) is 0 Å². The van der Waals surface area contributed by atoms with Crippen molar-refractivity contribution in [1.82, 2.24) is 14.9 Å². The van der Waals surface area contributed by atoms with Gasteiger partial charge in [-0.1, -0.05) is 30.1 Å². The number of pyridine rings is 1. The maximum absolute atomic E-state index is 12.1. The number of aromatic nitrogens is 2. The van der Waals surface area contributed by atoms with Gasteiger partial charge >= 0.3 is 6.03 Å². The van der Waals surface area contributed by atoms with E-state index in [1.807, 2.05) is 6.07 Å². The van der Waals surface area contributed by atoms with Crippen LogP contribution in [0.2, 0.25) is 10.0 Å². The quantitative estimate of drug-likeness (QED) is 0.613. The molecule has 5 nitrogen and oxygen atoms in total. The molecule has 1 aromatic carbocycles. The Morgan fingerprint density at radius 3 is 2.92 bits per heavy atom. The van der Waals surface area contributed by atoms with Crippen molar-refractivity contribution < 1.29 is 4.79 Å². The molecule has 26 heavy (non-hydrogen) atoms. The summed E-state index contributed by atoms with van der Waals surface area (Å²) in [6, 6.07) is 8.62. The first-order valence-corrected chi connectivity index (χ1v) is 9.26. The molecule has 2 N–H and O–H groups in total. The molecule has 2 amide bonds. The highest BCUT2D eigenvalue weighted by Gasteiger charge is 2.10. The topological polar surface area (TPSA) is 59.0 Å². The Labute approximate surface area is 162 Å². The average Bonchev–Trinajstić information content (AvgIpc) is 2.97. The van der Waals surface area contributed by atoms with Crippen LogP contribution in [0.5, 0.6) is 0 Å². The van der Waals surface area contributed by atoms with Crippen LogP contribution in [0.15, 0.2) is 42.7 Å². The van der Waals surface area contributed by atoms with Gasteiger partial charge in [-0.15, -0.1) is 0 Å². The molecule has 7 heteroatoms. The molecule has 0 bridgehead atoms. The molecular weight excluding hydrogens is 371 g/mol. The highest BCUT2D eigenvalue weighted by molar-refractivity contribution is 6.35. The Morgan fingerprint density at radius 2 is 2.12 bits per heavy atom. The molecule has 0 fully saturated rings. The molecule has 2 heterocycles. The van der Waals surface area contributed by atoms with Gasteiger partial charge in [0.1, 0.15) is 5.65 Å². The summed E-state index contributed by atoms with van der Waals surface area (Å²) in [5.41, 5.74) is 2.64. The number of aryl methyl sites for hydroxylation is 1. The number of amides is 2. The van der Waals surface area contributed by atoms with E-state index in [4.69, 9.17) is 23.2 Å². The normalized spacial score (nSPS) is 10.9. The second kappa shape index (κ2) is 8.43. The van der Waals surface area contributed by atoms with E-state index in [0.717, 1.165) is 30.4 Å². The number of anilines is 1. The largest absolute Gasteiger partial charge is 0.338 e. The van der Waals surface area contributed by atoms with Crippen molar-refractivity contribution >= 4 is 46.0 Å². The van der Waals surface area contributed by atoms with Gasteiger partial charge in [0.2, 0.25) is 0 Å². The zero-order valence-corrected chi connectivity index (χ0v) is 15.9. The van der Waals surface area contributed by atoms with E-state index < -0.39 is 0 Å². The van der Waals surface area contributed by atoms with Gasteiger partial charge < -0.3 is 15.2 Å². The van der Waals surface area contributed by atoms with Crippen LogP contribution >= 0.6 is 23.2 Å². The minimum atomic E-state index is -0.315. The molecule has 136 valence electrons. The first-order chi connectivity index (χ1) is 12.6. The fourth-order valence-corrected chi connectivity index (χ4v) is 3.21. The van der Waals surface area contributed by atoms with Gasteiger partial charge in [0.05, 0.1) is 10.7 Å². The van der Waals surface area contributed by atoms with E-state index in [1.165, 1.54) is 5.56 Å². The molecule has 0 atom stereocenters. The summed E-state index contributed by atoms with van der Waals surface area (Å²) in [5, 5.41) is 7.65. The van der Waals surface area contributed by atoms with Crippen LogP contribution in [-0.4, -0.2) is 22.1 Å². The van der Waals surface area contributed by atoms with Crippen molar-refractivity contribution in [2.75, 3.05) is 11.9 Å². The fraction of sp³-hybridized carbons (Fsp3) is 0.263. The lowest BCUT2D eigenvalue weighted by atomic mass is 10.1. The predicted octanol–water partition coefficient (Wildman–Crippen LogP) is 5.12. The van der Waals surface area contributed by atoms with Crippen LogP contribution < -0.4 is 10.6 Å². The Kier molecular flexibility index (Phi) is 6.01. The molecular formula is C19H20Cl2N4O. The van der Waals surface area contributed by atoms with Gasteiger partial charge in [0.15, 0.2) is 0 Å². The van der Waals surface area contributed by atoms with Gasteiger partial charge in [-0.05, 0) is 48.7 Å². The number of carbonyl (C=O) groups excluding carboxylic acids is 1. The fourth-order valence-electron chi connectivity index (χ4n) is 2.88. The second-order valence-corrected chi connectivity index (χ2v) is 6.82. The van der Waals surface area contributed by atoms with E-state index in [1.54, 1.807) is 24.4 Å². The molecule has 0 radical (unpaired) electrons. The number of urea groups is 1. The summed E-state index contributed by atoms with van der Waals surface area (Å²) >= 11 is 12.0. The SMILES string of the molecule is CCCn1cc(CCNC(=O)Nc2cc(Cl)ccc2Cl)c2cccnc21. The second-order valence-electron chi connectivity index (χ2n) is 5.98. The van der Waals surface area contributed by atoms with Gasteiger partial charge in [-0.2, -0.15) is 0 Å². The zero-order valence-electron chi connectivity index (χ0n) is 14.4. The Hall–Kier alpha value is -2.24. The summed E-state index contributed by atoms with van der Waals surface area (Å²) in [4.78, 5) is 16.6. The van der Waals surface area contributed by atoms with E-state index in [2.05, 4.69) is 39.4 Å². The van der Waals surface area contributed by atoms with Crippen molar-refractivity contribution in [2.24, 2.45) is 0 Å². The average molecular weight is 391 g/mol. The van der Waals surface area contributed by atoms with Crippen LogP contribution in [-0.2, 0) is 13.0 Å². The van der Waals surface area contributed by atoms with Crippen LogP contribution in [0.4, 0.5) is 10.5 Å². The smallest absolute Gasteiger partial charge is 0.319 e. The van der Waals surface area contributed by atoms with Gasteiger partial charge in [-0.3, -0.25) is 0 Å². The monoisotopic (exact) mass is 390 g/mol. The first kappa shape index (κ1) is 18.5. The summed E-state index contributed by atoms with van der Waals surface area (Å²) in [6.45, 7) is 3.57. The summed E-state index contributed by atoms with van der Waals surface area (Å²) in [7, 11) is 0. The van der Waals surface area contributed by atoms with Gasteiger partial charge in [-0.25, -0.2) is 9.78 Å². The van der Waals surface area contributed by atoms with Crippen molar-refractivity contribution in [1.29, 1.82) is 0 Å². The lowest BCUT2D eigenvalue weighted by Gasteiger charge is -2.09. The minimum Gasteiger partial charge on any atom is -0.338 e. The van der Waals surface area contributed by atoms with Crippen LogP contribution in [0, 0.1) is 0 Å². The molecule has 0 aliphatic rings. The van der Waals surface area contributed by atoms with E-state index >= 15 is 0 Å². The maximum atomic E-state index is 12.1. The summed E-state index contributed by atoms with van der Waals surface area (Å²) < 4.78 is 2.16. The third-order valence-corrected chi connectivity index (χ3v) is 4.60. The molecule has 0 saturated heterocycles. The Balaban J connectivity index is 1.62. The number of nitrogens with one attached hydrogen (secondary N) is 2. The van der Waals surface area contributed by atoms with Gasteiger partial charge in [0, 0.05) is 35.9 Å². The Morgan fingerprint density at radius 1 is 1.27 bits per heavy atom. The third kappa shape index (κ3) is 4.29. The number of hydrogen-bond acceptors (Lipinski definition) is 2. The molecule has 2 aromatic heterocycles. The summed E-state index contributed by atoms with van der Waals surface area (Å²) in [6.07, 6.45) is 5.68. The van der Waals surface area contributed by atoms with E-state index in [0.29, 0.717) is 22.3 Å². The number of hydrogen-bond donors (Lipinski definition) is 2. The predicted molar refractivity (Wildman–Crippen MR) is 107 cm³/mol. The van der Waals surface area contributed by atoms with Crippen molar-refractivity contribution in [2.45, 2.75) is 26.3 Å². The van der Waals surface area contributed by atoms with Crippen LogP contribution in [0.1, 0.15) is 18.9 Å². The number of carbonyl (C=O) groups is 1. The number of nitrogens with zero attached hydrogens (tertiary/aromatic N) is 2. The molecule has 0 spiro atoms. The van der Waals surface area contributed by atoms with Crippen LogP contribution in [0.3, 0.4) is 0 Å². The third-order valence-electron chi connectivity index (χ3n) is 4.04. The molecule has 3 aromatic rings. The summed E-state index contributed by atoms with van der Waals surface area (Å²) in [5.74, 6) is 0. The van der Waals surface area contributed by atoms with Crippen molar-refractivity contribution in [3.8, 4) is 0 Å². The molecule has 0 aliphatic heterocycles. The van der Waals surface area contributed by atoms with E-state index in [-0.39, 0.29) is 6.03 Å². The first-order valence-electron chi connectivity index (χ1n) is 8.51. The van der Waals surface area contributed by atoms with Crippen LogP contribution in [0.25, 0.3) is 11.0 Å². The molecule has 3 rings (SSSR count). The molecule has 0 saturated carbocycles. The van der Waals surface area contributed by atoms with Crippen molar-refractivity contribution in [3.05, 3.63) is 58.3 Å². The standard InChI is InChI=1S/C19H20Cl2N4O/c1-2-10-25-12-13(15-4-3-8-22-18(15)25)7-9-23-19(26)24-17-11-14(20)5-6-16(17)21/h3-6,8,11-12H,2,7,9-10H2,1H3,(H2,23,24,26). The highest BCUT2D eigenvalue weighted by Crippen LogP contribution is 2.25. The maximum Gasteiger partial charge on any atom is 0.319 e. The number of halogens is 2. The number of benzene rings is 1. The highest BCUT2D eigenvalue weighted by atomic mass is 35.5. The lowest BCUT2D eigenvalue weighted by Crippen LogP contribution is -2.30. The number of fused-ring (bicyclic) bond motifs is 1. The van der Waals surface area contributed by atoms with Crippen molar-refractivity contribution in [3.63, 3.8) is 0 Å². The number of rotatable bonds is 6. The Bertz CT molecular complexity index is 923. The minimum absolute atomic E-state index is 0.315.